The number of carbonyl (C=O) groups excluding carboxylic acids is 1. The third kappa shape index (κ3) is 3.35. The van der Waals surface area contributed by atoms with Crippen molar-refractivity contribution in [2.24, 2.45) is 35.0 Å². The first-order valence-electron chi connectivity index (χ1n) is 14.1. The molecule has 7 atom stereocenters. The fourth-order valence-corrected chi connectivity index (χ4v) is 10.4. The molecular weight excluding hydrogens is 530 g/mol. The summed E-state index contributed by atoms with van der Waals surface area (Å²) in [5.41, 5.74) is -5.64. The number of rotatable bonds is 7. The van der Waals surface area contributed by atoms with Gasteiger partial charge in [-0.15, -0.1) is 0 Å². The molecule has 39 heavy (non-hydrogen) atoms. The lowest BCUT2D eigenvalue weighted by Gasteiger charge is -2.92. The molecule has 1 spiro atoms. The Labute approximate surface area is 223 Å². The summed E-state index contributed by atoms with van der Waals surface area (Å²) in [6, 6.07) is 0. The Morgan fingerprint density at radius 2 is 1.44 bits per heavy atom. The average Bonchev–Trinajstić information content (AvgIpc) is 2.78. The number of hydrogen-bond donors (Lipinski definition) is 1. The number of hydrogen-bond acceptors (Lipinski definition) is 5. The van der Waals surface area contributed by atoms with Gasteiger partial charge in [-0.25, -0.2) is 4.79 Å². The molecule has 1 N–H and O–H groups in total. The third-order valence-electron chi connectivity index (χ3n) is 11.5. The number of alkyl halides is 6. The largest absolute Gasteiger partial charge is 0.455 e. The highest BCUT2D eigenvalue weighted by atomic mass is 19.4. The van der Waals surface area contributed by atoms with Gasteiger partial charge in [0.2, 0.25) is 0 Å². The molecule has 0 aromatic carbocycles. The molecule has 7 unspecified atom stereocenters. The normalized spacial score (nSPS) is 45.2. The van der Waals surface area contributed by atoms with E-state index in [1.165, 1.54) is 0 Å². The van der Waals surface area contributed by atoms with Crippen LogP contribution in [0.25, 0.3) is 0 Å². The van der Waals surface area contributed by atoms with Gasteiger partial charge in [-0.05, 0) is 88.9 Å². The smallest absolute Gasteiger partial charge is 0.426 e. The molecule has 6 rings (SSSR count). The van der Waals surface area contributed by atoms with Crippen molar-refractivity contribution in [3.8, 4) is 0 Å². The minimum atomic E-state index is -5.83. The molecule has 5 nitrogen and oxygen atoms in total. The van der Waals surface area contributed by atoms with E-state index in [0.717, 1.165) is 25.7 Å². The van der Waals surface area contributed by atoms with Crippen LogP contribution in [0.2, 0.25) is 0 Å². The number of esters is 1. The topological polar surface area (TPSA) is 65.0 Å². The van der Waals surface area contributed by atoms with Crippen molar-refractivity contribution in [2.45, 2.75) is 120 Å². The number of aliphatic hydroxyl groups is 1. The van der Waals surface area contributed by atoms with E-state index in [-0.39, 0.29) is 24.7 Å². The molecule has 0 heterocycles. The van der Waals surface area contributed by atoms with Crippen LogP contribution in [-0.2, 0) is 19.0 Å². The molecule has 6 aliphatic rings. The van der Waals surface area contributed by atoms with Crippen LogP contribution in [0, 0.1) is 35.0 Å². The van der Waals surface area contributed by atoms with E-state index in [0.29, 0.717) is 36.7 Å². The lowest BCUT2D eigenvalue weighted by molar-refractivity contribution is -0.521. The second kappa shape index (κ2) is 8.37. The Bertz CT molecular complexity index is 1020. The van der Waals surface area contributed by atoms with Gasteiger partial charge in [0.15, 0.2) is 6.29 Å². The molecule has 220 valence electrons. The lowest BCUT2D eigenvalue weighted by Crippen LogP contribution is -2.97. The second-order valence-electron chi connectivity index (χ2n) is 13.2. The molecule has 0 aromatic heterocycles. The van der Waals surface area contributed by atoms with Gasteiger partial charge in [0.1, 0.15) is 5.60 Å². The molecule has 11 heteroatoms. The van der Waals surface area contributed by atoms with Crippen molar-refractivity contribution in [1.29, 1.82) is 0 Å². The van der Waals surface area contributed by atoms with Gasteiger partial charge in [-0.3, -0.25) is 0 Å². The standard InChI is InChI=1S/C28H36F6O5/c1-14(2)22(35)39-24-12-16-10-23(11-17(13-24)25(16,23)24)38-15(3)37-21-9-5-6-18-19(21)7-4-8-20(18)26(36,27(29,30)31)28(32,33)34/h15-21,36H,1,4-13H2,2-3H3. The summed E-state index contributed by atoms with van der Waals surface area (Å²) in [7, 11) is 0. The van der Waals surface area contributed by atoms with E-state index in [1.807, 2.05) is 0 Å². The lowest BCUT2D eigenvalue weighted by atomic mass is 9.14. The first-order valence-corrected chi connectivity index (χ1v) is 14.1. The van der Waals surface area contributed by atoms with Crippen molar-refractivity contribution in [3.05, 3.63) is 12.2 Å². The van der Waals surface area contributed by atoms with Crippen molar-refractivity contribution < 1.29 is 50.5 Å². The maximum atomic E-state index is 13.7. The molecule has 0 aromatic rings. The summed E-state index contributed by atoms with van der Waals surface area (Å²) < 4.78 is 101. The summed E-state index contributed by atoms with van der Waals surface area (Å²) in [5.74, 6) is -3.03. The zero-order chi connectivity index (χ0) is 28.4. The molecule has 0 bridgehead atoms. The predicted molar refractivity (Wildman–Crippen MR) is 125 cm³/mol. The van der Waals surface area contributed by atoms with Crippen LogP contribution in [0.1, 0.15) is 78.1 Å². The molecule has 6 fully saturated rings. The zero-order valence-corrected chi connectivity index (χ0v) is 22.2. The Balaban J connectivity index is 1.15. The van der Waals surface area contributed by atoms with Crippen molar-refractivity contribution in [3.63, 3.8) is 0 Å². The Morgan fingerprint density at radius 3 is 1.97 bits per heavy atom. The number of halogens is 6. The highest BCUT2D eigenvalue weighted by molar-refractivity contribution is 5.87. The molecule has 6 saturated carbocycles. The van der Waals surface area contributed by atoms with Crippen LogP contribution in [0.15, 0.2) is 12.2 Å². The molecule has 0 amide bonds. The van der Waals surface area contributed by atoms with Crippen molar-refractivity contribution >= 4 is 5.97 Å². The first-order chi connectivity index (χ1) is 18.0. The van der Waals surface area contributed by atoms with Crippen molar-refractivity contribution in [1.82, 2.24) is 0 Å². The van der Waals surface area contributed by atoms with Crippen LogP contribution in [0.5, 0.6) is 0 Å². The second-order valence-corrected chi connectivity index (χ2v) is 13.2. The van der Waals surface area contributed by atoms with E-state index in [4.69, 9.17) is 14.2 Å². The fraction of sp³-hybridized carbons (Fsp3) is 0.893. The highest BCUT2D eigenvalue weighted by Crippen LogP contribution is 2.92. The quantitative estimate of drug-likeness (QED) is 0.171. The van der Waals surface area contributed by atoms with Crippen LogP contribution in [0.4, 0.5) is 26.3 Å². The van der Waals surface area contributed by atoms with Gasteiger partial charge in [0, 0.05) is 16.9 Å². The fourth-order valence-electron chi connectivity index (χ4n) is 10.4. The summed E-state index contributed by atoms with van der Waals surface area (Å²) in [4.78, 5) is 12.3. The van der Waals surface area contributed by atoms with Crippen LogP contribution in [-0.4, -0.2) is 52.6 Å². The van der Waals surface area contributed by atoms with Crippen LogP contribution in [0.3, 0.4) is 0 Å². The number of ether oxygens (including phenoxy) is 3. The van der Waals surface area contributed by atoms with E-state index < -0.39 is 65.3 Å². The summed E-state index contributed by atoms with van der Waals surface area (Å²) in [5, 5.41) is 10.2. The predicted octanol–water partition coefficient (Wildman–Crippen LogP) is 6.24. The Hall–Kier alpha value is -1.33. The molecular formula is C28H36F6O5. The molecule has 0 aliphatic heterocycles. The van der Waals surface area contributed by atoms with Crippen LogP contribution >= 0.6 is 0 Å². The molecule has 6 aliphatic carbocycles. The van der Waals surface area contributed by atoms with Gasteiger partial charge in [-0.2, -0.15) is 26.3 Å². The average molecular weight is 567 g/mol. The minimum absolute atomic E-state index is 0.155. The van der Waals surface area contributed by atoms with E-state index in [1.54, 1.807) is 13.8 Å². The van der Waals surface area contributed by atoms with E-state index in [2.05, 4.69) is 6.58 Å². The highest BCUT2D eigenvalue weighted by Gasteiger charge is 2.96. The van der Waals surface area contributed by atoms with Crippen molar-refractivity contribution in [2.75, 3.05) is 0 Å². The maximum absolute atomic E-state index is 13.7. The summed E-state index contributed by atoms with van der Waals surface area (Å²) in [6.45, 7) is 7.03. The molecule has 0 saturated heterocycles. The van der Waals surface area contributed by atoms with E-state index in [9.17, 15) is 36.2 Å². The minimum Gasteiger partial charge on any atom is -0.455 e. The van der Waals surface area contributed by atoms with Gasteiger partial charge >= 0.3 is 18.3 Å². The first kappa shape index (κ1) is 27.8. The third-order valence-corrected chi connectivity index (χ3v) is 11.5. The summed E-state index contributed by atoms with van der Waals surface area (Å²) in [6.07, 6.45) is -8.28. The van der Waals surface area contributed by atoms with Gasteiger partial charge in [0.25, 0.3) is 5.60 Å². The Morgan fingerprint density at radius 1 is 0.897 bits per heavy atom. The number of carbonyl (C=O) groups is 1. The zero-order valence-electron chi connectivity index (χ0n) is 22.2. The van der Waals surface area contributed by atoms with Gasteiger partial charge < -0.3 is 19.3 Å². The van der Waals surface area contributed by atoms with E-state index >= 15 is 0 Å². The molecule has 0 radical (unpaired) electrons. The number of fused-ring (bicyclic) bond motifs is 1. The summed E-state index contributed by atoms with van der Waals surface area (Å²) >= 11 is 0. The maximum Gasteiger partial charge on any atom is 0.426 e. The van der Waals surface area contributed by atoms with Gasteiger partial charge in [0.05, 0.1) is 11.7 Å². The van der Waals surface area contributed by atoms with Gasteiger partial charge in [-0.1, -0.05) is 19.4 Å². The SMILES string of the molecule is C=C(C)C(=O)OC12CC3CC4(OC(C)OC5CCCC6C5CCCC6C(O)(C(F)(F)F)C(F)(F)F)CC(C1)C324. The Kier molecular flexibility index (Phi) is 5.97. The van der Waals surface area contributed by atoms with Crippen LogP contribution < -0.4 is 0 Å². The monoisotopic (exact) mass is 566 g/mol.